The molecule has 0 unspecified atom stereocenters. The second-order valence-corrected chi connectivity index (χ2v) is 7.30. The molecule has 4 rings (SSSR count). The monoisotopic (exact) mass is 374 g/mol. The molecule has 0 bridgehead atoms. The summed E-state index contributed by atoms with van der Waals surface area (Å²) in [7, 11) is 3.94. The minimum Gasteiger partial charge on any atom is -0.378 e. The van der Waals surface area contributed by atoms with Crippen LogP contribution in [0.1, 0.15) is 10.4 Å². The zero-order chi connectivity index (χ0) is 18.8. The van der Waals surface area contributed by atoms with Crippen molar-refractivity contribution in [2.45, 2.75) is 0 Å². The predicted molar refractivity (Wildman–Crippen MR) is 112 cm³/mol. The molecule has 0 aliphatic heterocycles. The number of thiazole rings is 1. The standard InChI is InChI=1S/C21H18N4OS/c1-25(2)17-10-8-14(9-11-17)19(26)23-16-6-3-5-15(13-16)20-24-18-7-4-12-22-21(18)27-20/h3-13H,1-2H3,(H,23,26). The van der Waals surface area contributed by atoms with Crippen molar-refractivity contribution in [2.24, 2.45) is 0 Å². The smallest absolute Gasteiger partial charge is 0.255 e. The highest BCUT2D eigenvalue weighted by Gasteiger charge is 2.10. The fourth-order valence-corrected chi connectivity index (χ4v) is 3.64. The van der Waals surface area contributed by atoms with Crippen LogP contribution in [0.3, 0.4) is 0 Å². The van der Waals surface area contributed by atoms with Crippen molar-refractivity contribution in [3.8, 4) is 10.6 Å². The lowest BCUT2D eigenvalue weighted by Crippen LogP contribution is -2.13. The zero-order valence-corrected chi connectivity index (χ0v) is 15.8. The molecule has 0 aliphatic carbocycles. The Morgan fingerprint density at radius 2 is 1.85 bits per heavy atom. The van der Waals surface area contributed by atoms with E-state index >= 15 is 0 Å². The van der Waals surface area contributed by atoms with Crippen LogP contribution in [0.15, 0.2) is 66.9 Å². The number of nitrogens with zero attached hydrogens (tertiary/aromatic N) is 3. The molecule has 134 valence electrons. The van der Waals surface area contributed by atoms with Crippen LogP contribution in [0.5, 0.6) is 0 Å². The van der Waals surface area contributed by atoms with E-state index < -0.39 is 0 Å². The number of pyridine rings is 1. The quantitative estimate of drug-likeness (QED) is 0.564. The lowest BCUT2D eigenvalue weighted by Gasteiger charge is -2.12. The van der Waals surface area contributed by atoms with E-state index in [0.717, 1.165) is 32.3 Å². The Balaban J connectivity index is 1.56. The van der Waals surface area contributed by atoms with Gasteiger partial charge in [0, 0.05) is 42.8 Å². The van der Waals surface area contributed by atoms with Crippen LogP contribution in [-0.2, 0) is 0 Å². The summed E-state index contributed by atoms with van der Waals surface area (Å²) in [6.45, 7) is 0. The summed E-state index contributed by atoms with van der Waals surface area (Å²) < 4.78 is 0. The molecule has 0 aliphatic rings. The van der Waals surface area contributed by atoms with Gasteiger partial charge < -0.3 is 10.2 Å². The number of nitrogens with one attached hydrogen (secondary N) is 1. The Morgan fingerprint density at radius 1 is 1.04 bits per heavy atom. The van der Waals surface area contributed by atoms with Crippen molar-refractivity contribution < 1.29 is 4.79 Å². The molecule has 0 radical (unpaired) electrons. The molecule has 2 heterocycles. The van der Waals surface area contributed by atoms with Gasteiger partial charge in [-0.25, -0.2) is 9.97 Å². The normalized spacial score (nSPS) is 10.7. The van der Waals surface area contributed by atoms with Crippen molar-refractivity contribution in [2.75, 3.05) is 24.3 Å². The van der Waals surface area contributed by atoms with Crippen LogP contribution in [0.4, 0.5) is 11.4 Å². The highest BCUT2D eigenvalue weighted by Crippen LogP contribution is 2.30. The first-order valence-electron chi connectivity index (χ1n) is 8.51. The van der Waals surface area contributed by atoms with Crippen molar-refractivity contribution in [3.63, 3.8) is 0 Å². The molecule has 0 atom stereocenters. The van der Waals surface area contributed by atoms with E-state index in [0.29, 0.717) is 5.56 Å². The van der Waals surface area contributed by atoms with Gasteiger partial charge in [-0.1, -0.05) is 23.5 Å². The molecule has 0 saturated heterocycles. The van der Waals surface area contributed by atoms with Crippen molar-refractivity contribution in [1.29, 1.82) is 0 Å². The highest BCUT2D eigenvalue weighted by atomic mass is 32.1. The van der Waals surface area contributed by atoms with Gasteiger partial charge in [0.25, 0.3) is 5.91 Å². The van der Waals surface area contributed by atoms with E-state index in [1.165, 1.54) is 11.3 Å². The van der Waals surface area contributed by atoms with Crippen molar-refractivity contribution in [1.82, 2.24) is 9.97 Å². The number of aromatic nitrogens is 2. The molecule has 0 spiro atoms. The molecule has 6 heteroatoms. The van der Waals surface area contributed by atoms with Gasteiger partial charge in [0.05, 0.1) is 0 Å². The Morgan fingerprint density at radius 3 is 2.59 bits per heavy atom. The second kappa shape index (κ2) is 7.17. The van der Waals surface area contributed by atoms with Crippen LogP contribution in [0.2, 0.25) is 0 Å². The highest BCUT2D eigenvalue weighted by molar-refractivity contribution is 7.21. The Hall–Kier alpha value is -3.25. The minimum atomic E-state index is -0.136. The molecular formula is C21H18N4OS. The third-order valence-electron chi connectivity index (χ3n) is 4.18. The number of carbonyl (C=O) groups excluding carboxylic acids is 1. The molecule has 4 aromatic rings. The van der Waals surface area contributed by atoms with Gasteiger partial charge in [0.15, 0.2) is 0 Å². The zero-order valence-electron chi connectivity index (χ0n) is 15.0. The van der Waals surface area contributed by atoms with E-state index in [9.17, 15) is 4.79 Å². The predicted octanol–water partition coefficient (Wildman–Crippen LogP) is 4.68. The van der Waals surface area contributed by atoms with Crippen LogP contribution in [0, 0.1) is 0 Å². The number of hydrogen-bond donors (Lipinski definition) is 1. The summed E-state index contributed by atoms with van der Waals surface area (Å²) >= 11 is 1.54. The molecule has 0 fully saturated rings. The first-order chi connectivity index (χ1) is 13.1. The molecule has 1 amide bonds. The van der Waals surface area contributed by atoms with Crippen LogP contribution in [-0.4, -0.2) is 30.0 Å². The first kappa shape index (κ1) is 17.2. The third-order valence-corrected chi connectivity index (χ3v) is 5.21. The topological polar surface area (TPSA) is 58.1 Å². The molecule has 2 aromatic heterocycles. The average molecular weight is 374 g/mol. The average Bonchev–Trinajstić information content (AvgIpc) is 3.12. The molecule has 27 heavy (non-hydrogen) atoms. The summed E-state index contributed by atoms with van der Waals surface area (Å²) in [5.41, 5.74) is 4.25. The van der Waals surface area contributed by atoms with Crippen LogP contribution in [0.25, 0.3) is 20.9 Å². The van der Waals surface area contributed by atoms with E-state index in [4.69, 9.17) is 0 Å². The van der Waals surface area contributed by atoms with Gasteiger partial charge in [-0.3, -0.25) is 4.79 Å². The lowest BCUT2D eigenvalue weighted by molar-refractivity contribution is 0.102. The van der Waals surface area contributed by atoms with Crippen molar-refractivity contribution in [3.05, 3.63) is 72.4 Å². The number of fused-ring (bicyclic) bond motifs is 1. The van der Waals surface area contributed by atoms with E-state index in [1.807, 2.05) is 79.7 Å². The molecule has 5 nitrogen and oxygen atoms in total. The molecule has 2 aromatic carbocycles. The maximum Gasteiger partial charge on any atom is 0.255 e. The van der Waals surface area contributed by atoms with Gasteiger partial charge >= 0.3 is 0 Å². The fourth-order valence-electron chi connectivity index (χ4n) is 2.74. The number of benzene rings is 2. The largest absolute Gasteiger partial charge is 0.378 e. The minimum absolute atomic E-state index is 0.136. The van der Waals surface area contributed by atoms with Crippen LogP contribution < -0.4 is 10.2 Å². The maximum absolute atomic E-state index is 12.5. The SMILES string of the molecule is CN(C)c1ccc(C(=O)Nc2cccc(-c3nc4cccnc4s3)c2)cc1. The summed E-state index contributed by atoms with van der Waals surface area (Å²) in [5.74, 6) is -0.136. The van der Waals surface area contributed by atoms with Gasteiger partial charge in [0.2, 0.25) is 0 Å². The second-order valence-electron chi connectivity index (χ2n) is 6.32. The Labute approximate surface area is 161 Å². The van der Waals surface area contributed by atoms with Crippen molar-refractivity contribution >= 4 is 39.0 Å². The number of anilines is 2. The summed E-state index contributed by atoms with van der Waals surface area (Å²) in [4.78, 5) is 24.4. The Kier molecular flexibility index (Phi) is 4.56. The van der Waals surface area contributed by atoms with E-state index in [1.54, 1.807) is 6.20 Å². The summed E-state index contributed by atoms with van der Waals surface area (Å²) in [6, 6.07) is 19.1. The molecular weight excluding hydrogens is 356 g/mol. The van der Waals surface area contributed by atoms with Gasteiger partial charge in [-0.15, -0.1) is 0 Å². The molecule has 1 N–H and O–H groups in total. The van der Waals surface area contributed by atoms with E-state index in [-0.39, 0.29) is 5.91 Å². The Bertz CT molecular complexity index is 1070. The summed E-state index contributed by atoms with van der Waals surface area (Å²) in [6.07, 6.45) is 1.77. The van der Waals surface area contributed by atoms with Gasteiger partial charge in [0.1, 0.15) is 15.4 Å². The lowest BCUT2D eigenvalue weighted by atomic mass is 10.1. The van der Waals surface area contributed by atoms with Gasteiger partial charge in [-0.05, 0) is 48.5 Å². The first-order valence-corrected chi connectivity index (χ1v) is 9.32. The third kappa shape index (κ3) is 3.66. The van der Waals surface area contributed by atoms with Crippen LogP contribution >= 0.6 is 11.3 Å². The fraction of sp³-hybridized carbons (Fsp3) is 0.0952. The van der Waals surface area contributed by atoms with Gasteiger partial charge in [-0.2, -0.15) is 0 Å². The van der Waals surface area contributed by atoms with E-state index in [2.05, 4.69) is 15.3 Å². The summed E-state index contributed by atoms with van der Waals surface area (Å²) in [5, 5.41) is 3.84. The number of hydrogen-bond acceptors (Lipinski definition) is 5. The number of amides is 1. The number of rotatable bonds is 4. The number of carbonyl (C=O) groups is 1. The molecule has 0 saturated carbocycles. The maximum atomic E-state index is 12.5.